The molecule has 1 N–H and O–H groups in total. The van der Waals surface area contributed by atoms with Crippen LogP contribution in [-0.2, 0) is 0 Å². The first-order valence-electron chi connectivity index (χ1n) is 9.57. The van der Waals surface area contributed by atoms with Crippen molar-refractivity contribution in [3.63, 3.8) is 0 Å². The Balaban J connectivity index is 1.46. The van der Waals surface area contributed by atoms with Crippen LogP contribution in [0.15, 0.2) is 42.5 Å². The van der Waals surface area contributed by atoms with Gasteiger partial charge in [-0.2, -0.15) is 0 Å². The molecule has 0 radical (unpaired) electrons. The highest BCUT2D eigenvalue weighted by Gasteiger charge is 2.22. The third kappa shape index (κ3) is 5.30. The SMILES string of the molecule is CC(=O)c1ccc(N2CCN(CC(O)COc3cccc(C)c3)CC2)c(F)c1. The normalized spacial score (nSPS) is 16.1. The standard InChI is InChI=1S/C22H27FN2O3/c1-16-4-3-5-20(12-16)28-15-19(27)14-24-8-10-25(11-9-24)22-7-6-18(17(2)26)13-21(22)23/h3-7,12-13,19,27H,8-11,14-15H2,1-2H3. The van der Waals surface area contributed by atoms with Crippen molar-refractivity contribution in [2.45, 2.75) is 20.0 Å². The first kappa shape index (κ1) is 20.3. The maximum absolute atomic E-state index is 14.3. The molecule has 1 saturated heterocycles. The lowest BCUT2D eigenvalue weighted by molar-refractivity contribution is 0.0662. The van der Waals surface area contributed by atoms with Crippen LogP contribution in [0.5, 0.6) is 5.75 Å². The van der Waals surface area contributed by atoms with Gasteiger partial charge >= 0.3 is 0 Å². The largest absolute Gasteiger partial charge is 0.491 e. The van der Waals surface area contributed by atoms with E-state index in [2.05, 4.69) is 4.90 Å². The number of nitrogens with zero attached hydrogens (tertiary/aromatic N) is 2. The van der Waals surface area contributed by atoms with E-state index >= 15 is 0 Å². The summed E-state index contributed by atoms with van der Waals surface area (Å²) >= 11 is 0. The van der Waals surface area contributed by atoms with Crippen LogP contribution in [-0.4, -0.2) is 61.2 Å². The van der Waals surface area contributed by atoms with Gasteiger partial charge in [0.15, 0.2) is 5.78 Å². The number of benzene rings is 2. The quantitative estimate of drug-likeness (QED) is 0.742. The Labute approximate surface area is 165 Å². The summed E-state index contributed by atoms with van der Waals surface area (Å²) < 4.78 is 20.0. The van der Waals surface area contributed by atoms with Gasteiger partial charge in [0.2, 0.25) is 0 Å². The molecule has 1 aliphatic heterocycles. The van der Waals surface area contributed by atoms with Gasteiger partial charge in [-0.05, 0) is 49.7 Å². The predicted octanol–water partition coefficient (Wildman–Crippen LogP) is 2.90. The maximum atomic E-state index is 14.3. The Morgan fingerprint density at radius 1 is 1.18 bits per heavy atom. The van der Waals surface area contributed by atoms with E-state index in [1.807, 2.05) is 36.1 Å². The van der Waals surface area contributed by atoms with Crippen molar-refractivity contribution < 1.29 is 19.0 Å². The molecule has 0 saturated carbocycles. The van der Waals surface area contributed by atoms with Gasteiger partial charge in [-0.25, -0.2) is 4.39 Å². The summed E-state index contributed by atoms with van der Waals surface area (Å²) in [5.74, 6) is 0.248. The number of rotatable bonds is 7. The second-order valence-electron chi connectivity index (χ2n) is 7.29. The molecule has 5 nitrogen and oxygen atoms in total. The van der Waals surface area contributed by atoms with E-state index in [1.165, 1.54) is 13.0 Å². The smallest absolute Gasteiger partial charge is 0.159 e. The number of hydrogen-bond donors (Lipinski definition) is 1. The average Bonchev–Trinajstić information content (AvgIpc) is 2.67. The lowest BCUT2D eigenvalue weighted by Gasteiger charge is -2.37. The number of anilines is 1. The summed E-state index contributed by atoms with van der Waals surface area (Å²) in [6.45, 7) is 6.99. The number of carbonyl (C=O) groups excluding carboxylic acids is 1. The lowest BCUT2D eigenvalue weighted by Crippen LogP contribution is -2.49. The fourth-order valence-electron chi connectivity index (χ4n) is 3.40. The van der Waals surface area contributed by atoms with Gasteiger partial charge in [-0.3, -0.25) is 9.69 Å². The van der Waals surface area contributed by atoms with E-state index in [4.69, 9.17) is 4.74 Å². The highest BCUT2D eigenvalue weighted by molar-refractivity contribution is 5.94. The molecule has 3 rings (SSSR count). The molecule has 6 heteroatoms. The second kappa shape index (κ2) is 9.17. The molecule has 28 heavy (non-hydrogen) atoms. The number of aryl methyl sites for hydroxylation is 1. The van der Waals surface area contributed by atoms with E-state index in [-0.39, 0.29) is 18.2 Å². The van der Waals surface area contributed by atoms with Crippen LogP contribution < -0.4 is 9.64 Å². The Morgan fingerprint density at radius 3 is 2.57 bits per heavy atom. The summed E-state index contributed by atoms with van der Waals surface area (Å²) in [6.07, 6.45) is -0.585. The van der Waals surface area contributed by atoms with Crippen molar-refractivity contribution in [2.24, 2.45) is 0 Å². The van der Waals surface area contributed by atoms with Crippen LogP contribution in [0.4, 0.5) is 10.1 Å². The van der Waals surface area contributed by atoms with Gasteiger partial charge in [-0.15, -0.1) is 0 Å². The van der Waals surface area contributed by atoms with E-state index in [0.29, 0.717) is 30.9 Å². The number of β-amino-alcohol motifs (C(OH)–C–C–N with tert-alkyl or cyclic N) is 1. The molecule has 0 amide bonds. The highest BCUT2D eigenvalue weighted by atomic mass is 19.1. The van der Waals surface area contributed by atoms with Crippen LogP contribution in [0.2, 0.25) is 0 Å². The minimum Gasteiger partial charge on any atom is -0.491 e. The number of aliphatic hydroxyl groups excluding tert-OH is 1. The zero-order valence-electron chi connectivity index (χ0n) is 16.4. The molecule has 1 aliphatic rings. The Bertz CT molecular complexity index is 819. The fourth-order valence-corrected chi connectivity index (χ4v) is 3.40. The Kier molecular flexibility index (Phi) is 6.65. The summed E-state index contributed by atoms with van der Waals surface area (Å²) in [5.41, 5.74) is 2.02. The monoisotopic (exact) mass is 386 g/mol. The molecule has 1 unspecified atom stereocenters. The fraction of sp³-hybridized carbons (Fsp3) is 0.409. The van der Waals surface area contributed by atoms with Gasteiger partial charge in [0.25, 0.3) is 0 Å². The number of hydrogen-bond acceptors (Lipinski definition) is 5. The van der Waals surface area contributed by atoms with Crippen LogP contribution >= 0.6 is 0 Å². The van der Waals surface area contributed by atoms with Gasteiger partial charge in [0, 0.05) is 38.3 Å². The Morgan fingerprint density at radius 2 is 1.93 bits per heavy atom. The summed E-state index contributed by atoms with van der Waals surface area (Å²) in [4.78, 5) is 15.5. The number of aliphatic hydroxyl groups is 1. The number of ketones is 1. The van der Waals surface area contributed by atoms with E-state index in [0.717, 1.165) is 24.4 Å². The molecule has 2 aromatic carbocycles. The average molecular weight is 386 g/mol. The maximum Gasteiger partial charge on any atom is 0.159 e. The molecule has 1 fully saturated rings. The third-order valence-electron chi connectivity index (χ3n) is 4.97. The zero-order chi connectivity index (χ0) is 20.1. The molecule has 1 heterocycles. The molecule has 0 aromatic heterocycles. The number of piperazine rings is 1. The number of ether oxygens (including phenoxy) is 1. The minimum absolute atomic E-state index is 0.142. The molecule has 0 aliphatic carbocycles. The molecule has 0 bridgehead atoms. The summed E-state index contributed by atoms with van der Waals surface area (Å²) in [6, 6.07) is 12.4. The number of carbonyl (C=O) groups is 1. The van der Waals surface area contributed by atoms with Crippen LogP contribution in [0.3, 0.4) is 0 Å². The molecular weight excluding hydrogens is 359 g/mol. The van der Waals surface area contributed by atoms with Crippen molar-refractivity contribution in [1.82, 2.24) is 4.90 Å². The van der Waals surface area contributed by atoms with Crippen molar-refractivity contribution >= 4 is 11.5 Å². The Hall–Kier alpha value is -2.44. The summed E-state index contributed by atoms with van der Waals surface area (Å²) in [7, 11) is 0. The van der Waals surface area contributed by atoms with Crippen LogP contribution in [0.25, 0.3) is 0 Å². The lowest BCUT2D eigenvalue weighted by atomic mass is 10.1. The molecule has 0 spiro atoms. The first-order chi connectivity index (χ1) is 13.4. The van der Waals surface area contributed by atoms with Crippen LogP contribution in [0, 0.1) is 12.7 Å². The number of Topliss-reactive ketones (excluding diaryl/α,β-unsaturated/α-hetero) is 1. The van der Waals surface area contributed by atoms with Gasteiger partial charge in [-0.1, -0.05) is 12.1 Å². The van der Waals surface area contributed by atoms with E-state index in [1.54, 1.807) is 12.1 Å². The van der Waals surface area contributed by atoms with Crippen LogP contribution in [0.1, 0.15) is 22.8 Å². The molecule has 150 valence electrons. The topological polar surface area (TPSA) is 53.0 Å². The number of halogens is 1. The second-order valence-corrected chi connectivity index (χ2v) is 7.29. The van der Waals surface area contributed by atoms with Crippen molar-refractivity contribution in [2.75, 3.05) is 44.2 Å². The third-order valence-corrected chi connectivity index (χ3v) is 4.97. The van der Waals surface area contributed by atoms with Crippen molar-refractivity contribution in [3.8, 4) is 5.75 Å². The van der Waals surface area contributed by atoms with Crippen molar-refractivity contribution in [3.05, 3.63) is 59.4 Å². The predicted molar refractivity (Wildman–Crippen MR) is 108 cm³/mol. The zero-order valence-corrected chi connectivity index (χ0v) is 16.4. The van der Waals surface area contributed by atoms with E-state index in [9.17, 15) is 14.3 Å². The summed E-state index contributed by atoms with van der Waals surface area (Å²) in [5, 5.41) is 10.3. The van der Waals surface area contributed by atoms with Gasteiger partial charge in [0.1, 0.15) is 24.3 Å². The molecule has 1 atom stereocenters. The van der Waals surface area contributed by atoms with Gasteiger partial charge in [0.05, 0.1) is 5.69 Å². The highest BCUT2D eigenvalue weighted by Crippen LogP contribution is 2.22. The molecular formula is C22H27FN2O3. The van der Waals surface area contributed by atoms with Crippen molar-refractivity contribution in [1.29, 1.82) is 0 Å². The van der Waals surface area contributed by atoms with Gasteiger partial charge < -0.3 is 14.7 Å². The van der Waals surface area contributed by atoms with E-state index < -0.39 is 6.10 Å². The first-order valence-corrected chi connectivity index (χ1v) is 9.57. The minimum atomic E-state index is -0.585. The molecule has 2 aromatic rings.